The fourth-order valence-electron chi connectivity index (χ4n) is 2.08. The van der Waals surface area contributed by atoms with Gasteiger partial charge < -0.3 is 5.11 Å². The molecular formula is C15H18N2O4S2. The molecule has 0 aliphatic heterocycles. The molecule has 23 heavy (non-hydrogen) atoms. The van der Waals surface area contributed by atoms with Crippen LogP contribution in [0.15, 0.2) is 29.2 Å². The average Bonchev–Trinajstić information content (AvgIpc) is 2.78. The number of hydrogen-bond acceptors (Lipinski definition) is 5. The molecule has 0 bridgehead atoms. The number of aromatic nitrogens is 1. The van der Waals surface area contributed by atoms with E-state index in [0.717, 1.165) is 29.7 Å². The first-order chi connectivity index (χ1) is 10.8. The summed E-state index contributed by atoms with van der Waals surface area (Å²) in [6.45, 7) is 3.78. The Morgan fingerprint density at radius 2 is 1.96 bits per heavy atom. The van der Waals surface area contributed by atoms with Crippen LogP contribution < -0.4 is 4.72 Å². The van der Waals surface area contributed by atoms with Gasteiger partial charge in [0.05, 0.1) is 17.0 Å². The van der Waals surface area contributed by atoms with Gasteiger partial charge in [0, 0.05) is 4.88 Å². The number of hydrogen-bond donors (Lipinski definition) is 2. The van der Waals surface area contributed by atoms with Crippen molar-refractivity contribution < 1.29 is 18.3 Å². The summed E-state index contributed by atoms with van der Waals surface area (Å²) in [7, 11) is -3.73. The zero-order valence-corrected chi connectivity index (χ0v) is 14.5. The molecule has 2 N–H and O–H groups in total. The van der Waals surface area contributed by atoms with E-state index in [9.17, 15) is 13.2 Å². The molecule has 0 aliphatic carbocycles. The minimum atomic E-state index is -3.73. The molecule has 2 aromatic rings. The molecule has 0 saturated carbocycles. The molecule has 0 fully saturated rings. The van der Waals surface area contributed by atoms with Gasteiger partial charge in [-0.3, -0.25) is 9.52 Å². The third-order valence-electron chi connectivity index (χ3n) is 3.21. The molecule has 1 heterocycles. The second-order valence-corrected chi connectivity index (χ2v) is 7.98. The Morgan fingerprint density at radius 3 is 2.52 bits per heavy atom. The minimum Gasteiger partial charge on any atom is -0.481 e. The van der Waals surface area contributed by atoms with Crippen LogP contribution in [-0.4, -0.2) is 24.5 Å². The summed E-state index contributed by atoms with van der Waals surface area (Å²) in [5.74, 6) is -1.00. The van der Waals surface area contributed by atoms with Crippen molar-refractivity contribution in [2.45, 2.75) is 38.0 Å². The van der Waals surface area contributed by atoms with Crippen LogP contribution in [0.25, 0.3) is 0 Å². The largest absolute Gasteiger partial charge is 0.481 e. The number of carbonyl (C=O) groups is 1. The summed E-state index contributed by atoms with van der Waals surface area (Å²) in [6, 6.07) is 6.71. The second kappa shape index (κ2) is 7.10. The van der Waals surface area contributed by atoms with Gasteiger partial charge in [-0.05, 0) is 31.0 Å². The number of carboxylic acids is 1. The highest BCUT2D eigenvalue weighted by Crippen LogP contribution is 2.25. The average molecular weight is 354 g/mol. The lowest BCUT2D eigenvalue weighted by Gasteiger charge is -2.06. The fraction of sp³-hybridized carbons (Fsp3) is 0.333. The number of carboxylic acid groups (broad SMARTS) is 1. The maximum atomic E-state index is 12.4. The second-order valence-electron chi connectivity index (χ2n) is 5.09. The quantitative estimate of drug-likeness (QED) is 0.797. The minimum absolute atomic E-state index is 0.157. The molecule has 1 aromatic carbocycles. The smallest absolute Gasteiger partial charge is 0.309 e. The fourth-order valence-corrected chi connectivity index (χ4v) is 4.14. The molecule has 0 unspecified atom stereocenters. The molecule has 2 rings (SSSR count). The van der Waals surface area contributed by atoms with Crippen molar-refractivity contribution in [1.29, 1.82) is 0 Å². The van der Waals surface area contributed by atoms with Crippen LogP contribution >= 0.6 is 11.3 Å². The Kier molecular flexibility index (Phi) is 5.38. The summed E-state index contributed by atoms with van der Waals surface area (Å²) in [6.07, 6.45) is 1.67. The molecular weight excluding hydrogens is 336 g/mol. The van der Waals surface area contributed by atoms with Gasteiger partial charge in [0.2, 0.25) is 0 Å². The Bertz CT molecular complexity index is 795. The van der Waals surface area contributed by atoms with E-state index in [2.05, 4.69) is 16.6 Å². The van der Waals surface area contributed by atoms with Crippen molar-refractivity contribution in [3.8, 4) is 0 Å². The number of aryl methyl sites for hydroxylation is 2. The number of nitrogens with one attached hydrogen (secondary N) is 1. The molecule has 0 aliphatic rings. The van der Waals surface area contributed by atoms with Crippen LogP contribution in [0.5, 0.6) is 0 Å². The zero-order chi connectivity index (χ0) is 17.0. The Hall–Kier alpha value is -1.93. The van der Waals surface area contributed by atoms with Crippen LogP contribution in [0.3, 0.4) is 0 Å². The van der Waals surface area contributed by atoms with Gasteiger partial charge in [-0.25, -0.2) is 13.4 Å². The summed E-state index contributed by atoms with van der Waals surface area (Å²) in [5.41, 5.74) is 1.46. The van der Waals surface area contributed by atoms with Crippen LogP contribution in [0.4, 0.5) is 5.13 Å². The van der Waals surface area contributed by atoms with E-state index in [0.29, 0.717) is 10.6 Å². The van der Waals surface area contributed by atoms with Gasteiger partial charge >= 0.3 is 5.97 Å². The predicted molar refractivity (Wildman–Crippen MR) is 89.4 cm³/mol. The Morgan fingerprint density at radius 1 is 1.30 bits per heavy atom. The number of benzene rings is 1. The number of rotatable bonds is 7. The number of thiazole rings is 1. The van der Waals surface area contributed by atoms with Crippen molar-refractivity contribution in [2.75, 3.05) is 4.72 Å². The van der Waals surface area contributed by atoms with Crippen molar-refractivity contribution >= 4 is 32.5 Å². The normalized spacial score (nSPS) is 11.4. The Labute approximate surface area is 139 Å². The van der Waals surface area contributed by atoms with E-state index in [4.69, 9.17) is 5.11 Å². The highest BCUT2D eigenvalue weighted by Gasteiger charge is 2.18. The van der Waals surface area contributed by atoms with Crippen LogP contribution in [0.1, 0.15) is 29.5 Å². The van der Waals surface area contributed by atoms with Gasteiger partial charge in [-0.15, -0.1) is 11.3 Å². The van der Waals surface area contributed by atoms with E-state index >= 15 is 0 Å². The van der Waals surface area contributed by atoms with E-state index in [1.807, 2.05) is 0 Å². The van der Waals surface area contributed by atoms with Crippen LogP contribution in [-0.2, 0) is 27.7 Å². The van der Waals surface area contributed by atoms with Crippen molar-refractivity contribution in [1.82, 2.24) is 4.98 Å². The molecule has 8 heteroatoms. The Balaban J connectivity index is 2.19. The lowest BCUT2D eigenvalue weighted by atomic mass is 10.1. The number of sulfonamides is 1. The molecule has 6 nitrogen and oxygen atoms in total. The third-order valence-corrected chi connectivity index (χ3v) is 5.62. The summed E-state index contributed by atoms with van der Waals surface area (Å²) in [5, 5.41) is 8.98. The standard InChI is InChI=1S/C15H18N2O4S2/c1-3-4-11-5-7-12(8-6-11)23(20,21)17-15-16-13(9-14(18)19)10(2)22-15/h5-8H,3-4,9H2,1-2H3,(H,16,17)(H,18,19). The van der Waals surface area contributed by atoms with Crippen LogP contribution in [0, 0.1) is 6.92 Å². The predicted octanol–water partition coefficient (Wildman–Crippen LogP) is 2.83. The van der Waals surface area contributed by atoms with Gasteiger partial charge in [0.15, 0.2) is 5.13 Å². The van der Waals surface area contributed by atoms with E-state index in [1.54, 1.807) is 31.2 Å². The van der Waals surface area contributed by atoms with Gasteiger partial charge in [0.1, 0.15) is 0 Å². The van der Waals surface area contributed by atoms with E-state index < -0.39 is 16.0 Å². The monoisotopic (exact) mass is 354 g/mol. The van der Waals surface area contributed by atoms with Gasteiger partial charge in [0.25, 0.3) is 10.0 Å². The summed E-state index contributed by atoms with van der Waals surface area (Å²) in [4.78, 5) is 15.6. The number of anilines is 1. The molecule has 124 valence electrons. The molecule has 1 aromatic heterocycles. The lowest BCUT2D eigenvalue weighted by molar-refractivity contribution is -0.136. The lowest BCUT2D eigenvalue weighted by Crippen LogP contribution is -2.13. The maximum absolute atomic E-state index is 12.4. The zero-order valence-electron chi connectivity index (χ0n) is 12.9. The van der Waals surface area contributed by atoms with Crippen molar-refractivity contribution in [3.05, 3.63) is 40.4 Å². The van der Waals surface area contributed by atoms with E-state index in [-0.39, 0.29) is 16.4 Å². The molecule has 0 spiro atoms. The maximum Gasteiger partial charge on any atom is 0.309 e. The third kappa shape index (κ3) is 4.52. The number of nitrogens with zero attached hydrogens (tertiary/aromatic N) is 1. The highest BCUT2D eigenvalue weighted by atomic mass is 32.2. The molecule has 0 amide bonds. The van der Waals surface area contributed by atoms with Gasteiger partial charge in [-0.1, -0.05) is 25.5 Å². The van der Waals surface area contributed by atoms with E-state index in [1.165, 1.54) is 0 Å². The van der Waals surface area contributed by atoms with Gasteiger partial charge in [-0.2, -0.15) is 0 Å². The summed E-state index contributed by atoms with van der Waals surface area (Å²) < 4.78 is 27.1. The number of aliphatic carboxylic acids is 1. The molecule has 0 radical (unpaired) electrons. The molecule has 0 atom stereocenters. The first-order valence-electron chi connectivity index (χ1n) is 7.11. The van der Waals surface area contributed by atoms with Crippen molar-refractivity contribution in [3.63, 3.8) is 0 Å². The first kappa shape index (κ1) is 17.4. The first-order valence-corrected chi connectivity index (χ1v) is 9.41. The highest BCUT2D eigenvalue weighted by molar-refractivity contribution is 7.93. The van der Waals surface area contributed by atoms with Crippen molar-refractivity contribution in [2.24, 2.45) is 0 Å². The van der Waals surface area contributed by atoms with Crippen LogP contribution in [0.2, 0.25) is 0 Å². The topological polar surface area (TPSA) is 96.4 Å². The summed E-state index contributed by atoms with van der Waals surface area (Å²) >= 11 is 1.12. The SMILES string of the molecule is CCCc1ccc(S(=O)(=O)Nc2nc(CC(=O)O)c(C)s2)cc1. The molecule has 0 saturated heterocycles.